The molecule has 2 nitrogen and oxygen atoms in total. The molecule has 0 bridgehead atoms. The van der Waals surface area contributed by atoms with Gasteiger partial charge in [-0.25, -0.2) is 0 Å². The number of hydrogen-bond donors (Lipinski definition) is 1. The van der Waals surface area contributed by atoms with E-state index in [1.54, 1.807) is 0 Å². The van der Waals surface area contributed by atoms with Gasteiger partial charge in [-0.05, 0) is 52.1 Å². The van der Waals surface area contributed by atoms with Gasteiger partial charge in [0, 0.05) is 18.1 Å². The van der Waals surface area contributed by atoms with E-state index in [-0.39, 0.29) is 0 Å². The highest BCUT2D eigenvalue weighted by Crippen LogP contribution is 2.25. The summed E-state index contributed by atoms with van der Waals surface area (Å²) in [5.74, 6) is 0.763. The molecule has 2 aliphatic carbocycles. The zero-order valence-electron chi connectivity index (χ0n) is 12.6. The topological polar surface area (TPSA) is 15.3 Å². The van der Waals surface area contributed by atoms with Gasteiger partial charge in [0.25, 0.3) is 0 Å². The Kier molecular flexibility index (Phi) is 5.50. The van der Waals surface area contributed by atoms with Gasteiger partial charge in [-0.15, -0.1) is 0 Å². The maximum atomic E-state index is 3.68. The predicted molar refractivity (Wildman–Crippen MR) is 78.9 cm³/mol. The Hall–Kier alpha value is -0.0800. The molecule has 2 unspecified atom stereocenters. The zero-order valence-corrected chi connectivity index (χ0v) is 12.6. The molecule has 2 rings (SSSR count). The van der Waals surface area contributed by atoms with Crippen LogP contribution < -0.4 is 5.32 Å². The summed E-state index contributed by atoms with van der Waals surface area (Å²) < 4.78 is 0. The summed E-state index contributed by atoms with van der Waals surface area (Å²) in [5.41, 5.74) is 0. The highest BCUT2D eigenvalue weighted by Gasteiger charge is 2.26. The highest BCUT2D eigenvalue weighted by atomic mass is 15.2. The largest absolute Gasteiger partial charge is 0.314 e. The molecule has 0 aromatic carbocycles. The third-order valence-electron chi connectivity index (χ3n) is 5.17. The van der Waals surface area contributed by atoms with E-state index < -0.39 is 0 Å². The van der Waals surface area contributed by atoms with Crippen molar-refractivity contribution in [2.75, 3.05) is 13.6 Å². The van der Waals surface area contributed by atoms with E-state index in [0.29, 0.717) is 6.04 Å². The van der Waals surface area contributed by atoms with E-state index in [9.17, 15) is 0 Å². The minimum Gasteiger partial charge on any atom is -0.314 e. The second kappa shape index (κ2) is 6.91. The van der Waals surface area contributed by atoms with Gasteiger partial charge in [-0.3, -0.25) is 0 Å². The van der Waals surface area contributed by atoms with Gasteiger partial charge in [-0.2, -0.15) is 0 Å². The predicted octanol–water partition coefficient (Wildman–Crippen LogP) is 3.42. The second-order valence-corrected chi connectivity index (χ2v) is 6.71. The first kappa shape index (κ1) is 14.3. The monoisotopic (exact) mass is 252 g/mol. The van der Waals surface area contributed by atoms with E-state index in [2.05, 4.69) is 31.1 Å². The molecule has 0 amide bonds. The van der Waals surface area contributed by atoms with Crippen molar-refractivity contribution in [3.63, 3.8) is 0 Å². The Labute approximate surface area is 114 Å². The molecule has 0 heterocycles. The van der Waals surface area contributed by atoms with Crippen LogP contribution in [0.25, 0.3) is 0 Å². The van der Waals surface area contributed by atoms with Crippen molar-refractivity contribution in [2.24, 2.45) is 5.92 Å². The van der Waals surface area contributed by atoms with Gasteiger partial charge in [0.1, 0.15) is 0 Å². The van der Waals surface area contributed by atoms with Gasteiger partial charge in [0.05, 0.1) is 0 Å². The molecule has 18 heavy (non-hydrogen) atoms. The fourth-order valence-electron chi connectivity index (χ4n) is 3.21. The minimum atomic E-state index is 0.708. The highest BCUT2D eigenvalue weighted by molar-refractivity contribution is 4.84. The summed E-state index contributed by atoms with van der Waals surface area (Å²) >= 11 is 0. The van der Waals surface area contributed by atoms with Crippen LogP contribution in [0.1, 0.15) is 65.2 Å². The van der Waals surface area contributed by atoms with Crippen molar-refractivity contribution in [3.05, 3.63) is 0 Å². The van der Waals surface area contributed by atoms with Crippen LogP contribution in [0, 0.1) is 5.92 Å². The summed E-state index contributed by atoms with van der Waals surface area (Å²) in [6, 6.07) is 2.40. The van der Waals surface area contributed by atoms with E-state index in [1.807, 2.05) is 0 Å². The SMILES string of the molecule is CC(CNC1CC1)C(C)N(C)C1CCCCCC1. The molecular weight excluding hydrogens is 220 g/mol. The standard InChI is InChI=1S/C16H32N2/c1-13(12-17-15-10-11-15)14(2)18(3)16-8-6-4-5-7-9-16/h13-17H,4-12H2,1-3H3. The van der Waals surface area contributed by atoms with Crippen molar-refractivity contribution in [1.82, 2.24) is 10.2 Å². The molecule has 0 spiro atoms. The van der Waals surface area contributed by atoms with Gasteiger partial charge >= 0.3 is 0 Å². The molecule has 0 saturated heterocycles. The Morgan fingerprint density at radius 1 is 1.00 bits per heavy atom. The van der Waals surface area contributed by atoms with Crippen molar-refractivity contribution in [2.45, 2.75) is 83.3 Å². The molecule has 1 N–H and O–H groups in total. The maximum Gasteiger partial charge on any atom is 0.0105 e. The van der Waals surface area contributed by atoms with E-state index in [1.165, 1.54) is 57.9 Å². The lowest BCUT2D eigenvalue weighted by Gasteiger charge is -2.36. The lowest BCUT2D eigenvalue weighted by molar-refractivity contribution is 0.128. The Morgan fingerprint density at radius 3 is 2.17 bits per heavy atom. The lowest BCUT2D eigenvalue weighted by atomic mass is 9.98. The van der Waals surface area contributed by atoms with Crippen molar-refractivity contribution in [1.29, 1.82) is 0 Å². The summed E-state index contributed by atoms with van der Waals surface area (Å²) in [5, 5.41) is 3.68. The summed E-state index contributed by atoms with van der Waals surface area (Å²) in [7, 11) is 2.36. The lowest BCUT2D eigenvalue weighted by Crippen LogP contribution is -2.44. The second-order valence-electron chi connectivity index (χ2n) is 6.71. The Bertz CT molecular complexity index is 229. The van der Waals surface area contributed by atoms with Crippen LogP contribution in [0.5, 0.6) is 0 Å². The van der Waals surface area contributed by atoms with Gasteiger partial charge in [-0.1, -0.05) is 32.6 Å². The molecule has 2 aliphatic rings. The third kappa shape index (κ3) is 4.24. The quantitative estimate of drug-likeness (QED) is 0.729. The van der Waals surface area contributed by atoms with Crippen molar-refractivity contribution in [3.8, 4) is 0 Å². The van der Waals surface area contributed by atoms with Crippen molar-refractivity contribution < 1.29 is 0 Å². The van der Waals surface area contributed by atoms with Gasteiger partial charge < -0.3 is 10.2 Å². The first-order valence-corrected chi connectivity index (χ1v) is 8.14. The number of rotatable bonds is 6. The van der Waals surface area contributed by atoms with Gasteiger partial charge in [0.2, 0.25) is 0 Å². The molecule has 0 aromatic heterocycles. The molecular formula is C16H32N2. The molecule has 0 aromatic rings. The number of nitrogens with zero attached hydrogens (tertiary/aromatic N) is 1. The van der Waals surface area contributed by atoms with Crippen molar-refractivity contribution >= 4 is 0 Å². The normalized spacial score (nSPS) is 26.0. The Balaban J connectivity index is 1.75. The molecule has 2 fully saturated rings. The number of hydrogen-bond acceptors (Lipinski definition) is 2. The molecule has 2 atom stereocenters. The molecule has 0 aliphatic heterocycles. The Morgan fingerprint density at radius 2 is 1.61 bits per heavy atom. The summed E-state index contributed by atoms with van der Waals surface area (Å²) in [6.45, 7) is 6.03. The van der Waals surface area contributed by atoms with Crippen LogP contribution in [0.2, 0.25) is 0 Å². The molecule has 0 radical (unpaired) electrons. The fraction of sp³-hybridized carbons (Fsp3) is 1.00. The van der Waals surface area contributed by atoms with Gasteiger partial charge in [0.15, 0.2) is 0 Å². The van der Waals surface area contributed by atoms with Crippen LogP contribution in [-0.4, -0.2) is 36.6 Å². The number of nitrogens with one attached hydrogen (secondary N) is 1. The first-order chi connectivity index (χ1) is 8.68. The van der Waals surface area contributed by atoms with Crippen LogP contribution >= 0.6 is 0 Å². The maximum absolute atomic E-state index is 3.68. The van der Waals surface area contributed by atoms with E-state index >= 15 is 0 Å². The van der Waals surface area contributed by atoms with Crippen LogP contribution in [0.4, 0.5) is 0 Å². The summed E-state index contributed by atoms with van der Waals surface area (Å²) in [4.78, 5) is 2.67. The molecule has 2 heteroatoms. The smallest absolute Gasteiger partial charge is 0.0105 e. The molecule has 106 valence electrons. The minimum absolute atomic E-state index is 0.708. The third-order valence-corrected chi connectivity index (χ3v) is 5.17. The first-order valence-electron chi connectivity index (χ1n) is 8.14. The van der Waals surface area contributed by atoms with Crippen LogP contribution in [0.3, 0.4) is 0 Å². The van der Waals surface area contributed by atoms with Crippen LogP contribution in [0.15, 0.2) is 0 Å². The van der Waals surface area contributed by atoms with E-state index in [4.69, 9.17) is 0 Å². The molecule has 2 saturated carbocycles. The average Bonchev–Trinajstić information content (AvgIpc) is 3.20. The fourth-order valence-corrected chi connectivity index (χ4v) is 3.21. The average molecular weight is 252 g/mol. The van der Waals surface area contributed by atoms with Crippen LogP contribution in [-0.2, 0) is 0 Å². The zero-order chi connectivity index (χ0) is 13.0. The van der Waals surface area contributed by atoms with E-state index in [0.717, 1.165) is 18.0 Å². The summed E-state index contributed by atoms with van der Waals surface area (Å²) in [6.07, 6.45) is 11.4.